The van der Waals surface area contributed by atoms with E-state index in [1.165, 1.54) is 18.4 Å². The summed E-state index contributed by atoms with van der Waals surface area (Å²) in [5, 5.41) is 27.5. The van der Waals surface area contributed by atoms with Crippen LogP contribution >= 0.6 is 27.3 Å². The van der Waals surface area contributed by atoms with E-state index >= 15 is 0 Å². The average Bonchev–Trinajstić information content (AvgIpc) is 3.62. The van der Waals surface area contributed by atoms with E-state index in [2.05, 4.69) is 52.3 Å². The third kappa shape index (κ3) is 5.22. The van der Waals surface area contributed by atoms with E-state index in [0.717, 1.165) is 32.2 Å². The molecule has 0 aliphatic heterocycles. The first kappa shape index (κ1) is 25.7. The number of aromatic nitrogens is 6. The zero-order valence-electron chi connectivity index (χ0n) is 20.1. The number of fused-ring (bicyclic) bond motifs is 1. The number of sulfonamides is 1. The van der Waals surface area contributed by atoms with Gasteiger partial charge in [-0.3, -0.25) is 0 Å². The number of anilines is 1. The number of nitriles is 1. The van der Waals surface area contributed by atoms with E-state index in [-0.39, 0.29) is 6.04 Å². The molecule has 2 atom stereocenters. The van der Waals surface area contributed by atoms with E-state index in [1.807, 2.05) is 25.1 Å². The molecule has 3 heterocycles. The fraction of sp³-hybridized carbons (Fsp3) is 0.391. The van der Waals surface area contributed by atoms with Gasteiger partial charge in [-0.05, 0) is 79.3 Å². The van der Waals surface area contributed by atoms with Gasteiger partial charge >= 0.3 is 0 Å². The van der Waals surface area contributed by atoms with Crippen molar-refractivity contribution in [1.29, 1.82) is 5.26 Å². The molecule has 5 rings (SSSR count). The monoisotopic (exact) mass is 601 g/mol. The molecule has 14 heteroatoms. The van der Waals surface area contributed by atoms with Gasteiger partial charge in [0, 0.05) is 24.2 Å². The molecule has 192 valence electrons. The predicted molar refractivity (Wildman–Crippen MR) is 145 cm³/mol. The minimum Gasteiger partial charge on any atom is -0.351 e. The molecule has 0 saturated heterocycles. The lowest BCUT2D eigenvalue weighted by atomic mass is 10.0. The van der Waals surface area contributed by atoms with Crippen LogP contribution in [0.1, 0.15) is 36.3 Å². The Hall–Kier alpha value is -2.99. The van der Waals surface area contributed by atoms with Crippen LogP contribution in [0.3, 0.4) is 0 Å². The van der Waals surface area contributed by atoms with Crippen molar-refractivity contribution in [2.75, 3.05) is 12.4 Å². The van der Waals surface area contributed by atoms with Gasteiger partial charge in [0.15, 0.2) is 5.65 Å². The van der Waals surface area contributed by atoms with Gasteiger partial charge in [-0.15, -0.1) is 10.2 Å². The van der Waals surface area contributed by atoms with Gasteiger partial charge in [-0.1, -0.05) is 11.3 Å². The molecule has 2 N–H and O–H groups in total. The van der Waals surface area contributed by atoms with E-state index < -0.39 is 15.3 Å². The number of aryl methyl sites for hydroxylation is 2. The Morgan fingerprint density at radius 2 is 2.14 bits per heavy atom. The summed E-state index contributed by atoms with van der Waals surface area (Å²) in [6.45, 7) is 1.91. The summed E-state index contributed by atoms with van der Waals surface area (Å²) in [5.74, 6) is 0.416. The minimum atomic E-state index is -3.31. The highest BCUT2D eigenvalue weighted by Crippen LogP contribution is 2.32. The Balaban J connectivity index is 1.48. The predicted octanol–water partition coefficient (Wildman–Crippen LogP) is 3.74. The van der Waals surface area contributed by atoms with Gasteiger partial charge in [0.2, 0.25) is 16.0 Å². The number of hydrogen-bond donors (Lipinski definition) is 2. The molecular formula is C23H24BrN9O2S2. The zero-order chi connectivity index (χ0) is 26.2. The van der Waals surface area contributed by atoms with E-state index in [0.29, 0.717) is 48.3 Å². The summed E-state index contributed by atoms with van der Waals surface area (Å²) in [6, 6.07) is 8.10. The Bertz CT molecular complexity index is 1610. The molecule has 3 aromatic heterocycles. The highest BCUT2D eigenvalue weighted by Gasteiger charge is 2.33. The molecule has 0 amide bonds. The van der Waals surface area contributed by atoms with Crippen LogP contribution in [0.2, 0.25) is 0 Å². The fourth-order valence-electron chi connectivity index (χ4n) is 4.54. The maximum absolute atomic E-state index is 12.2. The number of nitrogens with zero attached hydrogens (tertiary/aromatic N) is 7. The lowest BCUT2D eigenvalue weighted by Gasteiger charge is -2.14. The molecule has 37 heavy (non-hydrogen) atoms. The van der Waals surface area contributed by atoms with Crippen molar-refractivity contribution < 1.29 is 8.42 Å². The normalized spacial score (nSPS) is 17.8. The van der Waals surface area contributed by atoms with Crippen LogP contribution in [-0.4, -0.2) is 56.7 Å². The molecule has 4 aromatic rings. The third-order valence-corrected chi connectivity index (χ3v) is 9.75. The first-order chi connectivity index (χ1) is 17.8. The molecule has 0 spiro atoms. The summed E-state index contributed by atoms with van der Waals surface area (Å²) >= 11 is 5.03. The second-order valence-corrected chi connectivity index (χ2v) is 12.9. The minimum absolute atomic E-state index is 0.0439. The Kier molecular flexibility index (Phi) is 7.21. The molecule has 0 radical (unpaired) electrons. The van der Waals surface area contributed by atoms with E-state index in [9.17, 15) is 13.7 Å². The Morgan fingerprint density at radius 3 is 2.86 bits per heavy atom. The molecule has 1 saturated carbocycles. The van der Waals surface area contributed by atoms with Crippen LogP contribution in [0.15, 0.2) is 29.0 Å². The lowest BCUT2D eigenvalue weighted by Crippen LogP contribution is -2.31. The van der Waals surface area contributed by atoms with E-state index in [1.54, 1.807) is 10.9 Å². The number of hydrogen-bond acceptors (Lipinski definition) is 10. The van der Waals surface area contributed by atoms with Gasteiger partial charge in [0.1, 0.15) is 14.6 Å². The van der Waals surface area contributed by atoms with Gasteiger partial charge in [-0.25, -0.2) is 22.8 Å². The standard InChI is InChI=1S/C23H24BrN9O2S2/c1-13-30-31-22(36-13)18-8-6-16(10-14(18)4-3-9-25)33-21-19(20(24)32-33)12-27-23(29-21)28-15-5-7-17(11-15)37(34,35)26-2/h6,8,10,12,15,17,26H,3-5,7,11H2,1-2H3,(H,27,28,29)/t15-,17?/m1/s1. The van der Waals surface area contributed by atoms with Gasteiger partial charge in [0.25, 0.3) is 0 Å². The van der Waals surface area contributed by atoms with Crippen molar-refractivity contribution in [3.05, 3.63) is 39.6 Å². The summed E-state index contributed by atoms with van der Waals surface area (Å²) < 4.78 is 29.1. The van der Waals surface area contributed by atoms with Crippen molar-refractivity contribution >= 4 is 54.3 Å². The largest absolute Gasteiger partial charge is 0.351 e. The second kappa shape index (κ2) is 10.4. The summed E-state index contributed by atoms with van der Waals surface area (Å²) in [5.41, 5.74) is 3.32. The highest BCUT2D eigenvalue weighted by molar-refractivity contribution is 9.10. The molecule has 1 aromatic carbocycles. The van der Waals surface area contributed by atoms with Crippen molar-refractivity contribution in [2.45, 2.75) is 50.3 Å². The molecule has 1 unspecified atom stereocenters. The summed E-state index contributed by atoms with van der Waals surface area (Å²) in [7, 11) is -1.87. The van der Waals surface area contributed by atoms with Crippen LogP contribution in [0.25, 0.3) is 27.3 Å². The molecule has 11 nitrogen and oxygen atoms in total. The average molecular weight is 603 g/mol. The van der Waals surface area contributed by atoms with Crippen molar-refractivity contribution in [3.63, 3.8) is 0 Å². The van der Waals surface area contributed by atoms with Crippen LogP contribution < -0.4 is 10.0 Å². The zero-order valence-corrected chi connectivity index (χ0v) is 23.4. The van der Waals surface area contributed by atoms with Crippen molar-refractivity contribution in [1.82, 2.24) is 34.7 Å². The fourth-order valence-corrected chi connectivity index (χ4v) is 7.00. The highest BCUT2D eigenvalue weighted by atomic mass is 79.9. The second-order valence-electron chi connectivity index (χ2n) is 8.78. The first-order valence-corrected chi connectivity index (χ1v) is 14.9. The molecule has 1 fully saturated rings. The van der Waals surface area contributed by atoms with Gasteiger partial charge < -0.3 is 5.32 Å². The molecule has 0 bridgehead atoms. The quantitative estimate of drug-likeness (QED) is 0.307. The first-order valence-electron chi connectivity index (χ1n) is 11.7. The number of rotatable bonds is 8. The van der Waals surface area contributed by atoms with Gasteiger partial charge in [0.05, 0.1) is 22.4 Å². The number of halogens is 1. The Morgan fingerprint density at radius 1 is 1.30 bits per heavy atom. The van der Waals surface area contributed by atoms with Crippen LogP contribution in [0.5, 0.6) is 0 Å². The number of nitrogens with one attached hydrogen (secondary N) is 2. The van der Waals surface area contributed by atoms with Gasteiger partial charge in [-0.2, -0.15) is 15.3 Å². The van der Waals surface area contributed by atoms with Crippen molar-refractivity contribution in [2.24, 2.45) is 0 Å². The summed E-state index contributed by atoms with van der Waals surface area (Å²) in [4.78, 5) is 9.17. The smallest absolute Gasteiger partial charge is 0.224 e. The SMILES string of the molecule is CNS(=O)(=O)C1CC[C@@H](Nc2ncc3c(Br)nn(-c4ccc(-c5nnc(C)s5)c(CCC#N)c4)c3n2)C1. The molecular weight excluding hydrogens is 578 g/mol. The van der Waals surface area contributed by atoms with E-state index in [4.69, 9.17) is 4.98 Å². The van der Waals surface area contributed by atoms with Crippen LogP contribution in [0.4, 0.5) is 5.95 Å². The molecule has 1 aliphatic rings. The van der Waals surface area contributed by atoms with Crippen molar-refractivity contribution in [3.8, 4) is 22.3 Å². The van der Waals surface area contributed by atoms with Crippen LogP contribution in [-0.2, 0) is 16.4 Å². The summed E-state index contributed by atoms with van der Waals surface area (Å²) in [6.07, 6.45) is 4.42. The molecule has 1 aliphatic carbocycles. The van der Waals surface area contributed by atoms with Crippen LogP contribution in [0, 0.1) is 18.3 Å². The third-order valence-electron chi connectivity index (χ3n) is 6.42. The Labute approximate surface area is 226 Å². The topological polar surface area (TPSA) is 151 Å². The maximum atomic E-state index is 12.2. The lowest BCUT2D eigenvalue weighted by molar-refractivity contribution is 0.570. The maximum Gasteiger partial charge on any atom is 0.224 e. The number of benzene rings is 1.